The van der Waals surface area contributed by atoms with Crippen molar-refractivity contribution in [3.8, 4) is 0 Å². The van der Waals surface area contributed by atoms with Crippen LogP contribution in [0.4, 0.5) is 0 Å². The van der Waals surface area contributed by atoms with Crippen LogP contribution in [0.2, 0.25) is 0 Å². The van der Waals surface area contributed by atoms with E-state index in [4.69, 9.17) is 0 Å². The fraction of sp³-hybridized carbons (Fsp3) is 0.400. The highest BCUT2D eigenvalue weighted by molar-refractivity contribution is 5.77. The number of imidazole rings is 1. The van der Waals surface area contributed by atoms with Crippen molar-refractivity contribution in [2.75, 3.05) is 19.6 Å². The molecule has 0 spiro atoms. The van der Waals surface area contributed by atoms with E-state index < -0.39 is 5.97 Å². The van der Waals surface area contributed by atoms with Gasteiger partial charge in [-0.1, -0.05) is 36.4 Å². The quantitative estimate of drug-likeness (QED) is 0.879. The highest BCUT2D eigenvalue weighted by atomic mass is 16.4. The van der Waals surface area contributed by atoms with Gasteiger partial charge in [-0.05, 0) is 31.4 Å². The Morgan fingerprint density at radius 2 is 2.16 bits per heavy atom. The largest absolute Gasteiger partial charge is 0.481 e. The minimum absolute atomic E-state index is 0.219. The third kappa shape index (κ3) is 4.37. The van der Waals surface area contributed by atoms with Crippen LogP contribution in [0.3, 0.4) is 0 Å². The van der Waals surface area contributed by atoms with Gasteiger partial charge < -0.3 is 14.6 Å². The molecule has 0 aliphatic carbocycles. The molecule has 1 atom stereocenters. The second kappa shape index (κ2) is 8.12. The van der Waals surface area contributed by atoms with Crippen molar-refractivity contribution < 1.29 is 9.90 Å². The molecule has 1 unspecified atom stereocenters. The molecule has 1 aromatic carbocycles. The van der Waals surface area contributed by atoms with Gasteiger partial charge in [-0.15, -0.1) is 0 Å². The smallest absolute Gasteiger partial charge is 0.307 e. The van der Waals surface area contributed by atoms with E-state index in [9.17, 15) is 9.90 Å². The number of piperidine rings is 1. The molecular weight excluding hydrogens is 314 g/mol. The summed E-state index contributed by atoms with van der Waals surface area (Å²) in [6.07, 6.45) is 8.60. The predicted octanol–water partition coefficient (Wildman–Crippen LogP) is 3.04. The van der Waals surface area contributed by atoms with E-state index in [1.807, 2.05) is 42.3 Å². The molecular formula is C20H25N3O2. The standard InChI is InChI=1S/C20H25N3O2/c1-22-15-21-13-19(22)18(16-7-3-2-4-8-16)10-6-12-23-11-5-9-17(14-23)20(24)25/h2-4,7-8,10,13,15,17H,5-6,9,11-12,14H2,1H3,(H,24,25)/b18-10+. The number of hydrogen-bond acceptors (Lipinski definition) is 3. The van der Waals surface area contributed by atoms with E-state index in [0.29, 0.717) is 6.54 Å². The van der Waals surface area contributed by atoms with Gasteiger partial charge in [-0.3, -0.25) is 4.79 Å². The number of carboxylic acid groups (broad SMARTS) is 1. The Kier molecular flexibility index (Phi) is 5.66. The van der Waals surface area contributed by atoms with Gasteiger partial charge in [0, 0.05) is 25.7 Å². The number of hydrogen-bond donors (Lipinski definition) is 1. The van der Waals surface area contributed by atoms with Gasteiger partial charge >= 0.3 is 5.97 Å². The van der Waals surface area contributed by atoms with E-state index in [1.165, 1.54) is 11.1 Å². The first-order chi connectivity index (χ1) is 12.1. The second-order valence-corrected chi connectivity index (χ2v) is 6.64. The lowest BCUT2D eigenvalue weighted by Gasteiger charge is -2.30. The lowest BCUT2D eigenvalue weighted by atomic mass is 9.98. The second-order valence-electron chi connectivity index (χ2n) is 6.64. The summed E-state index contributed by atoms with van der Waals surface area (Å²) in [6, 6.07) is 10.3. The number of benzene rings is 1. The summed E-state index contributed by atoms with van der Waals surface area (Å²) >= 11 is 0. The van der Waals surface area contributed by atoms with Gasteiger partial charge in [0.2, 0.25) is 0 Å². The van der Waals surface area contributed by atoms with E-state index in [2.05, 4.69) is 28.1 Å². The van der Waals surface area contributed by atoms with Gasteiger partial charge in [0.05, 0.1) is 24.1 Å². The summed E-state index contributed by atoms with van der Waals surface area (Å²) in [5, 5.41) is 9.23. The van der Waals surface area contributed by atoms with Crippen LogP contribution in [0.1, 0.15) is 30.5 Å². The maximum absolute atomic E-state index is 11.2. The van der Waals surface area contributed by atoms with Crippen LogP contribution in [0.25, 0.3) is 5.57 Å². The molecule has 0 bridgehead atoms. The lowest BCUT2D eigenvalue weighted by Crippen LogP contribution is -2.39. The van der Waals surface area contributed by atoms with Crippen molar-refractivity contribution >= 4 is 11.5 Å². The van der Waals surface area contributed by atoms with Crippen LogP contribution in [-0.2, 0) is 11.8 Å². The van der Waals surface area contributed by atoms with Crippen molar-refractivity contribution in [2.45, 2.75) is 19.3 Å². The highest BCUT2D eigenvalue weighted by Gasteiger charge is 2.24. The fourth-order valence-corrected chi connectivity index (χ4v) is 3.46. The summed E-state index contributed by atoms with van der Waals surface area (Å²) in [6.45, 7) is 2.54. The molecule has 1 aliphatic heterocycles. The number of aliphatic carboxylic acids is 1. The molecule has 25 heavy (non-hydrogen) atoms. The van der Waals surface area contributed by atoms with Gasteiger partial charge in [0.15, 0.2) is 0 Å². The van der Waals surface area contributed by atoms with E-state index in [1.54, 1.807) is 0 Å². The summed E-state index contributed by atoms with van der Waals surface area (Å²) in [4.78, 5) is 17.7. The minimum Gasteiger partial charge on any atom is -0.481 e. The number of aromatic nitrogens is 2. The zero-order valence-electron chi connectivity index (χ0n) is 14.6. The average Bonchev–Trinajstić information content (AvgIpc) is 3.05. The molecule has 0 saturated carbocycles. The van der Waals surface area contributed by atoms with Crippen LogP contribution in [0.15, 0.2) is 48.9 Å². The van der Waals surface area contributed by atoms with Gasteiger partial charge in [-0.2, -0.15) is 0 Å². The molecule has 2 aromatic rings. The van der Waals surface area contributed by atoms with Crippen molar-refractivity contribution in [3.63, 3.8) is 0 Å². The van der Waals surface area contributed by atoms with Gasteiger partial charge in [0.1, 0.15) is 0 Å². The molecule has 5 nitrogen and oxygen atoms in total. The molecule has 1 saturated heterocycles. The molecule has 132 valence electrons. The van der Waals surface area contributed by atoms with E-state index in [0.717, 1.165) is 38.0 Å². The zero-order valence-corrected chi connectivity index (χ0v) is 14.6. The molecule has 0 amide bonds. The van der Waals surface area contributed by atoms with Crippen LogP contribution in [0.5, 0.6) is 0 Å². The highest BCUT2D eigenvalue weighted by Crippen LogP contribution is 2.24. The Hall–Kier alpha value is -2.40. The number of rotatable bonds is 6. The zero-order chi connectivity index (χ0) is 17.6. The van der Waals surface area contributed by atoms with Crippen molar-refractivity contribution in [3.05, 3.63) is 60.2 Å². The maximum Gasteiger partial charge on any atom is 0.307 e. The molecule has 1 fully saturated rings. The third-order valence-electron chi connectivity index (χ3n) is 4.83. The molecule has 5 heteroatoms. The third-order valence-corrected chi connectivity index (χ3v) is 4.83. The Morgan fingerprint density at radius 3 is 2.84 bits per heavy atom. The Bertz CT molecular complexity index is 736. The first kappa shape index (κ1) is 17.4. The SMILES string of the molecule is Cn1cncc1/C(=C/CCN1CCCC(C(=O)O)C1)c1ccccc1. The van der Waals surface area contributed by atoms with E-state index in [-0.39, 0.29) is 5.92 Å². The van der Waals surface area contributed by atoms with E-state index >= 15 is 0 Å². The Balaban J connectivity index is 1.72. The first-order valence-electron chi connectivity index (χ1n) is 8.82. The fourth-order valence-electron chi connectivity index (χ4n) is 3.46. The molecule has 1 N–H and O–H groups in total. The molecule has 2 heterocycles. The Morgan fingerprint density at radius 1 is 1.36 bits per heavy atom. The first-order valence-corrected chi connectivity index (χ1v) is 8.82. The topological polar surface area (TPSA) is 58.4 Å². The summed E-state index contributed by atoms with van der Waals surface area (Å²) in [5.41, 5.74) is 3.44. The number of likely N-dealkylation sites (tertiary alicyclic amines) is 1. The molecule has 3 rings (SSSR count). The van der Waals surface area contributed by atoms with Crippen molar-refractivity contribution in [1.82, 2.24) is 14.5 Å². The normalized spacial score (nSPS) is 19.1. The number of nitrogens with zero attached hydrogens (tertiary/aromatic N) is 3. The van der Waals surface area contributed by atoms with Crippen molar-refractivity contribution in [2.24, 2.45) is 13.0 Å². The summed E-state index contributed by atoms with van der Waals surface area (Å²) < 4.78 is 2.03. The molecule has 1 aliphatic rings. The van der Waals surface area contributed by atoms with Crippen molar-refractivity contribution in [1.29, 1.82) is 0 Å². The lowest BCUT2D eigenvalue weighted by molar-refractivity contribution is -0.143. The minimum atomic E-state index is -0.667. The predicted molar refractivity (Wildman–Crippen MR) is 98.1 cm³/mol. The number of carbonyl (C=O) groups is 1. The van der Waals surface area contributed by atoms with Gasteiger partial charge in [0.25, 0.3) is 0 Å². The number of carboxylic acids is 1. The Labute approximate surface area is 148 Å². The van der Waals surface area contributed by atoms with Crippen LogP contribution >= 0.6 is 0 Å². The summed E-state index contributed by atoms with van der Waals surface area (Å²) in [7, 11) is 2.00. The van der Waals surface area contributed by atoms with Crippen LogP contribution in [0, 0.1) is 5.92 Å². The van der Waals surface area contributed by atoms with Crippen LogP contribution < -0.4 is 0 Å². The monoisotopic (exact) mass is 339 g/mol. The molecule has 0 radical (unpaired) electrons. The summed E-state index contributed by atoms with van der Waals surface area (Å²) in [5.74, 6) is -0.886. The molecule has 1 aromatic heterocycles. The average molecular weight is 339 g/mol. The number of aryl methyl sites for hydroxylation is 1. The maximum atomic E-state index is 11.2. The van der Waals surface area contributed by atoms with Gasteiger partial charge in [-0.25, -0.2) is 4.98 Å². The van der Waals surface area contributed by atoms with Crippen LogP contribution in [-0.4, -0.2) is 45.2 Å².